The Morgan fingerprint density at radius 2 is 0.869 bits per heavy atom. The van der Waals surface area contributed by atoms with E-state index in [0.29, 0.717) is 5.82 Å². The van der Waals surface area contributed by atoms with Crippen LogP contribution in [0.25, 0.3) is 122 Å². The Labute approximate surface area is 352 Å². The van der Waals surface area contributed by atoms with Crippen molar-refractivity contribution in [2.24, 2.45) is 0 Å². The zero-order valence-electron chi connectivity index (χ0n) is 33.1. The van der Waals surface area contributed by atoms with Gasteiger partial charge in [-0.1, -0.05) is 194 Å². The van der Waals surface area contributed by atoms with Crippen LogP contribution in [0.1, 0.15) is 0 Å². The van der Waals surface area contributed by atoms with Crippen LogP contribution >= 0.6 is 0 Å². The number of furan rings is 1. The third-order valence-electron chi connectivity index (χ3n) is 12.1. The van der Waals surface area contributed by atoms with Gasteiger partial charge in [-0.25, -0.2) is 9.97 Å². The van der Waals surface area contributed by atoms with E-state index >= 15 is 0 Å². The molecule has 0 bridgehead atoms. The van der Waals surface area contributed by atoms with Gasteiger partial charge in [0.15, 0.2) is 11.6 Å². The van der Waals surface area contributed by atoms with E-state index < -0.39 is 0 Å². The van der Waals surface area contributed by atoms with Crippen molar-refractivity contribution in [3.63, 3.8) is 0 Å². The lowest BCUT2D eigenvalue weighted by atomic mass is 9.86. The van der Waals surface area contributed by atoms with Crippen molar-refractivity contribution in [1.82, 2.24) is 9.97 Å². The Hall–Kier alpha value is -8.14. The molecule has 0 aliphatic rings. The van der Waals surface area contributed by atoms with Gasteiger partial charge in [0.05, 0.1) is 5.69 Å². The molecule has 0 spiro atoms. The van der Waals surface area contributed by atoms with Crippen molar-refractivity contribution in [3.05, 3.63) is 218 Å². The summed E-state index contributed by atoms with van der Waals surface area (Å²) < 4.78 is 6.26. The van der Waals surface area contributed by atoms with E-state index in [2.05, 4.69) is 164 Å². The third-order valence-corrected chi connectivity index (χ3v) is 12.1. The summed E-state index contributed by atoms with van der Waals surface area (Å²) in [7, 11) is 0. The molecule has 0 aliphatic carbocycles. The lowest BCUT2D eigenvalue weighted by molar-refractivity contribution is 0.628. The Morgan fingerprint density at radius 3 is 1.62 bits per heavy atom. The van der Waals surface area contributed by atoms with Gasteiger partial charge in [-0.05, 0) is 101 Å². The number of fused-ring (bicyclic) bond motifs is 6. The maximum absolute atomic E-state index is 6.26. The first-order valence-electron chi connectivity index (χ1n) is 20.7. The second-order valence-corrected chi connectivity index (χ2v) is 15.7. The molecule has 12 rings (SSSR count). The van der Waals surface area contributed by atoms with E-state index in [4.69, 9.17) is 14.4 Å². The van der Waals surface area contributed by atoms with Crippen LogP contribution in [0, 0.1) is 0 Å². The largest absolute Gasteiger partial charge is 0.454 e. The minimum Gasteiger partial charge on any atom is -0.454 e. The van der Waals surface area contributed by atoms with Gasteiger partial charge in [-0.3, -0.25) is 0 Å². The highest BCUT2D eigenvalue weighted by Gasteiger charge is 2.17. The van der Waals surface area contributed by atoms with Crippen molar-refractivity contribution < 1.29 is 4.42 Å². The van der Waals surface area contributed by atoms with Gasteiger partial charge in [-0.15, -0.1) is 0 Å². The van der Waals surface area contributed by atoms with Gasteiger partial charge in [0.2, 0.25) is 0 Å². The minimum atomic E-state index is 0.660. The van der Waals surface area contributed by atoms with Gasteiger partial charge in [0.1, 0.15) is 11.3 Å². The predicted molar refractivity (Wildman–Crippen MR) is 254 cm³/mol. The second-order valence-electron chi connectivity index (χ2n) is 15.7. The normalized spacial score (nSPS) is 11.6. The topological polar surface area (TPSA) is 38.9 Å². The highest BCUT2D eigenvalue weighted by Crippen LogP contribution is 2.44. The van der Waals surface area contributed by atoms with Gasteiger partial charge in [0.25, 0.3) is 0 Å². The van der Waals surface area contributed by atoms with E-state index in [9.17, 15) is 0 Å². The second kappa shape index (κ2) is 14.3. The molecule has 0 N–H and O–H groups in total. The van der Waals surface area contributed by atoms with Crippen LogP contribution in [-0.4, -0.2) is 9.97 Å². The number of benzene rings is 10. The Morgan fingerprint density at radius 1 is 0.295 bits per heavy atom. The van der Waals surface area contributed by atoms with Gasteiger partial charge in [0, 0.05) is 16.5 Å². The number of rotatable bonds is 6. The molecule has 0 aliphatic heterocycles. The van der Waals surface area contributed by atoms with Crippen LogP contribution in [0.2, 0.25) is 0 Å². The number of aromatic nitrogens is 2. The molecule has 61 heavy (non-hydrogen) atoms. The summed E-state index contributed by atoms with van der Waals surface area (Å²) >= 11 is 0. The van der Waals surface area contributed by atoms with Crippen LogP contribution in [0.15, 0.2) is 223 Å². The van der Waals surface area contributed by atoms with E-state index in [1.807, 2.05) is 54.6 Å². The standard InChI is InChI=1S/C58H36N2O/c1-2-13-42(14-3-1)58-59-53(36-54(60-58)56-35-44-16-6-11-21-55(44)61-56)41-28-24-38(25-29-41)37-22-26-40(27-23-37)46-32-33-50(49-20-10-9-19-48(46)49)57-47-18-8-5-15-43(47)34-52-45-17-7-4-12-39(45)30-31-51(52)57/h1-36H. The fraction of sp³-hybridized carbons (Fsp3) is 0. The minimum absolute atomic E-state index is 0.660. The molecule has 3 heteroatoms. The lowest BCUT2D eigenvalue weighted by Crippen LogP contribution is -1.95. The molecule has 0 saturated carbocycles. The quantitative estimate of drug-likeness (QED) is 0.125. The average Bonchev–Trinajstić information content (AvgIpc) is 3.78. The van der Waals surface area contributed by atoms with Crippen LogP contribution < -0.4 is 0 Å². The Bertz CT molecular complexity index is 3590. The fourth-order valence-corrected chi connectivity index (χ4v) is 9.10. The lowest BCUT2D eigenvalue weighted by Gasteiger charge is -2.17. The van der Waals surface area contributed by atoms with E-state index in [1.54, 1.807) is 0 Å². The zero-order chi connectivity index (χ0) is 40.3. The van der Waals surface area contributed by atoms with Gasteiger partial charge >= 0.3 is 0 Å². The Balaban J connectivity index is 0.901. The van der Waals surface area contributed by atoms with E-state index in [-0.39, 0.29) is 0 Å². The molecule has 0 saturated heterocycles. The highest BCUT2D eigenvalue weighted by atomic mass is 16.3. The summed E-state index contributed by atoms with van der Waals surface area (Å²) in [6.07, 6.45) is 0. The maximum atomic E-state index is 6.26. The highest BCUT2D eigenvalue weighted by molar-refractivity contribution is 6.23. The molecule has 0 unspecified atom stereocenters. The molecule has 3 nitrogen and oxygen atoms in total. The molecule has 2 heterocycles. The first-order valence-corrected chi connectivity index (χ1v) is 20.7. The molecule has 12 aromatic rings. The third kappa shape index (κ3) is 6.06. The van der Waals surface area contributed by atoms with E-state index in [1.165, 1.54) is 65.3 Å². The molecule has 284 valence electrons. The monoisotopic (exact) mass is 776 g/mol. The Kier molecular flexibility index (Phi) is 8.17. The molecule has 2 aromatic heterocycles. The smallest absolute Gasteiger partial charge is 0.160 e. The predicted octanol–water partition coefficient (Wildman–Crippen LogP) is 15.8. The molecule has 0 radical (unpaired) electrons. The number of hydrogen-bond donors (Lipinski definition) is 0. The van der Waals surface area contributed by atoms with Crippen LogP contribution in [0.4, 0.5) is 0 Å². The maximum Gasteiger partial charge on any atom is 0.160 e. The first kappa shape index (κ1) is 34.9. The summed E-state index contributed by atoms with van der Waals surface area (Å²) in [6.45, 7) is 0. The molecule has 0 fully saturated rings. The van der Waals surface area contributed by atoms with Crippen molar-refractivity contribution in [2.45, 2.75) is 0 Å². The van der Waals surface area contributed by atoms with Crippen molar-refractivity contribution in [2.75, 3.05) is 0 Å². The molecular formula is C58H36N2O. The van der Waals surface area contributed by atoms with Crippen molar-refractivity contribution in [3.8, 4) is 67.5 Å². The summed E-state index contributed by atoms with van der Waals surface area (Å²) in [5.74, 6) is 1.38. The van der Waals surface area contributed by atoms with Crippen LogP contribution in [0.5, 0.6) is 0 Å². The number of hydrogen-bond acceptors (Lipinski definition) is 3. The van der Waals surface area contributed by atoms with E-state index in [0.717, 1.165) is 50.4 Å². The summed E-state index contributed by atoms with van der Waals surface area (Å²) in [4.78, 5) is 10.0. The fourth-order valence-electron chi connectivity index (χ4n) is 9.10. The SMILES string of the molecule is c1ccc(-c2nc(-c3ccc(-c4ccc(-c5ccc(-c6c7ccccc7cc7c6ccc6ccccc67)c6ccccc56)cc4)cc3)cc(-c3cc4ccccc4o3)n2)cc1. The molecule has 0 atom stereocenters. The van der Waals surface area contributed by atoms with Crippen molar-refractivity contribution in [1.29, 1.82) is 0 Å². The molecular weight excluding hydrogens is 741 g/mol. The first-order chi connectivity index (χ1) is 30.2. The summed E-state index contributed by atoms with van der Waals surface area (Å²) in [5, 5.41) is 11.1. The molecule has 10 aromatic carbocycles. The van der Waals surface area contributed by atoms with Crippen LogP contribution in [-0.2, 0) is 0 Å². The van der Waals surface area contributed by atoms with Gasteiger partial charge < -0.3 is 4.42 Å². The van der Waals surface area contributed by atoms with Crippen LogP contribution in [0.3, 0.4) is 0 Å². The summed E-state index contributed by atoms with van der Waals surface area (Å²) in [6, 6.07) is 77.8. The average molecular weight is 777 g/mol. The van der Waals surface area contributed by atoms with Gasteiger partial charge in [-0.2, -0.15) is 0 Å². The van der Waals surface area contributed by atoms with Crippen molar-refractivity contribution >= 4 is 54.1 Å². The number of para-hydroxylation sites is 1. The summed E-state index contributed by atoms with van der Waals surface area (Å²) in [5.41, 5.74) is 11.6. The zero-order valence-corrected chi connectivity index (χ0v) is 33.1. The number of nitrogens with zero attached hydrogens (tertiary/aromatic N) is 2. The molecule has 0 amide bonds.